The van der Waals surface area contributed by atoms with Gasteiger partial charge in [-0.25, -0.2) is 12.8 Å². The Morgan fingerprint density at radius 1 is 1.33 bits per heavy atom. The number of rotatable bonds is 7. The molecule has 0 spiro atoms. The molecule has 0 fully saturated rings. The molecule has 0 aliphatic carbocycles. The van der Waals surface area contributed by atoms with Gasteiger partial charge in [-0.1, -0.05) is 26.0 Å². The van der Waals surface area contributed by atoms with E-state index < -0.39 is 21.7 Å². The number of nitrogens with one attached hydrogen (secondary N) is 1. The molecule has 0 heterocycles. The van der Waals surface area contributed by atoms with Crippen LogP contribution in [-0.2, 0) is 14.8 Å². The minimum absolute atomic E-state index is 0.0415. The van der Waals surface area contributed by atoms with Crippen molar-refractivity contribution in [3.63, 3.8) is 0 Å². The van der Waals surface area contributed by atoms with Crippen LogP contribution in [0, 0.1) is 11.7 Å². The Morgan fingerprint density at radius 2 is 1.95 bits per heavy atom. The molecule has 7 heteroatoms. The highest BCUT2D eigenvalue weighted by Crippen LogP contribution is 2.13. The summed E-state index contributed by atoms with van der Waals surface area (Å²) in [5, 5.41) is 2.38. The molecule has 0 saturated carbocycles. The first-order valence-electron chi connectivity index (χ1n) is 6.69. The fourth-order valence-corrected chi connectivity index (χ4v) is 2.47. The van der Waals surface area contributed by atoms with Crippen molar-refractivity contribution in [1.29, 1.82) is 0 Å². The minimum atomic E-state index is -3.48. The first-order valence-corrected chi connectivity index (χ1v) is 8.54. The molecule has 118 valence electrons. The molecule has 0 aromatic heterocycles. The summed E-state index contributed by atoms with van der Waals surface area (Å²) in [5.41, 5.74) is 0.0415. The second-order valence-corrected chi connectivity index (χ2v) is 7.29. The third kappa shape index (κ3) is 6.22. The van der Waals surface area contributed by atoms with E-state index in [1.165, 1.54) is 18.2 Å². The van der Waals surface area contributed by atoms with E-state index in [9.17, 15) is 17.6 Å². The fourth-order valence-electron chi connectivity index (χ4n) is 1.68. The van der Waals surface area contributed by atoms with Crippen molar-refractivity contribution < 1.29 is 17.6 Å². The van der Waals surface area contributed by atoms with Crippen molar-refractivity contribution in [2.45, 2.75) is 20.3 Å². The molecule has 0 aliphatic heterocycles. The number of carbonyl (C=O) groups is 1. The van der Waals surface area contributed by atoms with Gasteiger partial charge in [0.2, 0.25) is 15.9 Å². The summed E-state index contributed by atoms with van der Waals surface area (Å²) in [6.45, 7) is 3.89. The Bertz CT molecular complexity index is 588. The summed E-state index contributed by atoms with van der Waals surface area (Å²) < 4.78 is 37.9. The van der Waals surface area contributed by atoms with E-state index in [1.54, 1.807) is 6.07 Å². The average molecular weight is 316 g/mol. The fraction of sp³-hybridized carbons (Fsp3) is 0.500. The zero-order chi connectivity index (χ0) is 16.0. The lowest BCUT2D eigenvalue weighted by Gasteiger charge is -2.20. The van der Waals surface area contributed by atoms with Gasteiger partial charge in [0.15, 0.2) is 0 Å². The van der Waals surface area contributed by atoms with Gasteiger partial charge in [-0.3, -0.25) is 4.79 Å². The largest absolute Gasteiger partial charge is 0.322 e. The zero-order valence-corrected chi connectivity index (χ0v) is 13.3. The van der Waals surface area contributed by atoms with Crippen LogP contribution in [0.2, 0.25) is 0 Å². The van der Waals surface area contributed by atoms with E-state index in [2.05, 4.69) is 5.32 Å². The monoisotopic (exact) mass is 316 g/mol. The van der Waals surface area contributed by atoms with Crippen LogP contribution in [0.25, 0.3) is 0 Å². The van der Waals surface area contributed by atoms with Crippen molar-refractivity contribution in [3.8, 4) is 0 Å². The predicted molar refractivity (Wildman–Crippen MR) is 80.9 cm³/mol. The molecule has 0 unspecified atom stereocenters. The molecule has 21 heavy (non-hydrogen) atoms. The van der Waals surface area contributed by atoms with Gasteiger partial charge in [-0.2, -0.15) is 4.31 Å². The summed E-state index contributed by atoms with van der Waals surface area (Å²) in [6.07, 6.45) is 1.71. The average Bonchev–Trinajstić information content (AvgIpc) is 2.35. The number of sulfonamides is 1. The van der Waals surface area contributed by atoms with Gasteiger partial charge in [0.1, 0.15) is 5.82 Å². The van der Waals surface area contributed by atoms with Crippen LogP contribution in [0.4, 0.5) is 10.1 Å². The number of para-hydroxylation sites is 1. The van der Waals surface area contributed by atoms with Crippen LogP contribution in [0.3, 0.4) is 0 Å². The summed E-state index contributed by atoms with van der Waals surface area (Å²) in [7, 11) is -3.48. The molecule has 5 nitrogen and oxygen atoms in total. The Morgan fingerprint density at radius 3 is 2.48 bits per heavy atom. The van der Waals surface area contributed by atoms with E-state index in [4.69, 9.17) is 0 Å². The van der Waals surface area contributed by atoms with Crippen molar-refractivity contribution >= 4 is 21.6 Å². The smallest absolute Gasteiger partial charge is 0.239 e. The maximum atomic E-state index is 13.4. The number of halogens is 1. The summed E-state index contributed by atoms with van der Waals surface area (Å²) in [6, 6.07) is 5.75. The first-order chi connectivity index (χ1) is 9.70. The number of nitrogens with zero attached hydrogens (tertiary/aromatic N) is 1. The number of benzene rings is 1. The second-order valence-electron chi connectivity index (χ2n) is 5.31. The number of amides is 1. The van der Waals surface area contributed by atoms with Gasteiger partial charge in [0, 0.05) is 6.54 Å². The van der Waals surface area contributed by atoms with Crippen LogP contribution in [0.1, 0.15) is 20.3 Å². The number of carbonyl (C=O) groups excluding carboxylic acids is 1. The topological polar surface area (TPSA) is 66.5 Å². The van der Waals surface area contributed by atoms with Crippen LogP contribution in [0.5, 0.6) is 0 Å². The Hall–Kier alpha value is -1.47. The molecule has 0 saturated heterocycles. The number of hydrogen-bond donors (Lipinski definition) is 1. The lowest BCUT2D eigenvalue weighted by Crippen LogP contribution is -2.38. The van der Waals surface area contributed by atoms with Crippen LogP contribution < -0.4 is 5.32 Å². The summed E-state index contributed by atoms with van der Waals surface area (Å²) in [4.78, 5) is 11.9. The molecule has 1 aromatic carbocycles. The van der Waals surface area contributed by atoms with E-state index in [0.29, 0.717) is 12.3 Å². The molecular weight excluding hydrogens is 295 g/mol. The molecule has 0 atom stereocenters. The zero-order valence-electron chi connectivity index (χ0n) is 12.5. The lowest BCUT2D eigenvalue weighted by molar-refractivity contribution is -0.116. The summed E-state index contributed by atoms with van der Waals surface area (Å²) >= 11 is 0. The maximum Gasteiger partial charge on any atom is 0.239 e. The second kappa shape index (κ2) is 7.51. The molecule has 0 bridgehead atoms. The van der Waals surface area contributed by atoms with Gasteiger partial charge in [-0.05, 0) is 24.5 Å². The number of hydrogen-bond acceptors (Lipinski definition) is 3. The Balaban J connectivity index is 2.70. The van der Waals surface area contributed by atoms with Crippen molar-refractivity contribution in [1.82, 2.24) is 4.31 Å². The van der Waals surface area contributed by atoms with E-state index in [1.807, 2.05) is 13.8 Å². The molecule has 1 rings (SSSR count). The molecule has 1 N–H and O–H groups in total. The minimum Gasteiger partial charge on any atom is -0.322 e. The molecule has 1 aromatic rings. The van der Waals surface area contributed by atoms with E-state index >= 15 is 0 Å². The standard InChI is InChI=1S/C14H21FN2O3S/c1-11(2)8-9-17(21(3,19)20)10-14(18)16-13-7-5-4-6-12(13)15/h4-7,11H,8-10H2,1-3H3,(H,16,18). The quantitative estimate of drug-likeness (QED) is 0.837. The lowest BCUT2D eigenvalue weighted by atomic mass is 10.1. The highest BCUT2D eigenvalue weighted by Gasteiger charge is 2.20. The van der Waals surface area contributed by atoms with Gasteiger partial charge in [0.25, 0.3) is 0 Å². The summed E-state index contributed by atoms with van der Waals surface area (Å²) in [5.74, 6) is -0.794. The Kier molecular flexibility index (Phi) is 6.29. The van der Waals surface area contributed by atoms with Crippen LogP contribution in [-0.4, -0.2) is 38.0 Å². The third-order valence-corrected chi connectivity index (χ3v) is 4.14. The highest BCUT2D eigenvalue weighted by atomic mass is 32.2. The van der Waals surface area contributed by atoms with E-state index in [-0.39, 0.29) is 18.8 Å². The normalized spacial score (nSPS) is 11.9. The van der Waals surface area contributed by atoms with Gasteiger partial charge in [0.05, 0.1) is 18.5 Å². The SMILES string of the molecule is CC(C)CCN(CC(=O)Nc1ccccc1F)S(C)(=O)=O. The first kappa shape index (κ1) is 17.6. The Labute approximate surface area is 125 Å². The van der Waals surface area contributed by atoms with Crippen LogP contribution in [0.15, 0.2) is 24.3 Å². The van der Waals surface area contributed by atoms with E-state index in [0.717, 1.165) is 10.6 Å². The highest BCUT2D eigenvalue weighted by molar-refractivity contribution is 7.88. The molecule has 0 radical (unpaired) electrons. The molecular formula is C14H21FN2O3S. The van der Waals surface area contributed by atoms with Crippen molar-refractivity contribution in [3.05, 3.63) is 30.1 Å². The molecule has 0 aliphatic rings. The third-order valence-electron chi connectivity index (χ3n) is 2.89. The maximum absolute atomic E-state index is 13.4. The molecule has 1 amide bonds. The van der Waals surface area contributed by atoms with Gasteiger partial charge >= 0.3 is 0 Å². The van der Waals surface area contributed by atoms with Gasteiger partial charge < -0.3 is 5.32 Å². The predicted octanol–water partition coefficient (Wildman–Crippen LogP) is 2.07. The number of anilines is 1. The van der Waals surface area contributed by atoms with Crippen molar-refractivity contribution in [2.75, 3.05) is 24.7 Å². The van der Waals surface area contributed by atoms with Crippen LogP contribution >= 0.6 is 0 Å². The van der Waals surface area contributed by atoms with Crippen molar-refractivity contribution in [2.24, 2.45) is 5.92 Å². The van der Waals surface area contributed by atoms with Gasteiger partial charge in [-0.15, -0.1) is 0 Å².